The minimum absolute atomic E-state index is 0.0688. The Bertz CT molecular complexity index is 1760. The van der Waals surface area contributed by atoms with E-state index in [1.165, 1.54) is 37.7 Å². The summed E-state index contributed by atoms with van der Waals surface area (Å²) >= 11 is 0. The maximum atomic E-state index is 16.6. The van der Waals surface area contributed by atoms with Crippen LogP contribution in [0.3, 0.4) is 0 Å². The molecule has 8 nitrogen and oxygen atoms in total. The second kappa shape index (κ2) is 9.43. The van der Waals surface area contributed by atoms with E-state index >= 15 is 8.78 Å². The molecule has 9 rings (SSSR count). The third-order valence-electron chi connectivity index (χ3n) is 10.4. The van der Waals surface area contributed by atoms with Crippen molar-refractivity contribution in [3.05, 3.63) is 48.2 Å². The van der Waals surface area contributed by atoms with Crippen LogP contribution < -0.4 is 15.0 Å². The quantitative estimate of drug-likeness (QED) is 0.318. The third kappa shape index (κ3) is 4.49. The zero-order valence-electron chi connectivity index (χ0n) is 23.9. The van der Waals surface area contributed by atoms with E-state index in [9.17, 15) is 5.11 Å². The lowest BCUT2D eigenvalue weighted by molar-refractivity contribution is 0.163. The number of aromatic hydroxyl groups is 1. The van der Waals surface area contributed by atoms with Crippen LogP contribution in [0.25, 0.3) is 32.9 Å². The van der Waals surface area contributed by atoms with Crippen molar-refractivity contribution in [1.29, 1.82) is 0 Å². The van der Waals surface area contributed by atoms with Gasteiger partial charge in [0, 0.05) is 67.4 Å². The number of benzene rings is 2. The van der Waals surface area contributed by atoms with E-state index in [1.54, 1.807) is 18.3 Å². The first-order valence-electron chi connectivity index (χ1n) is 15.6. The number of nitrogens with one attached hydrogen (secondary N) is 1. The topological polar surface area (TPSA) is 86.6 Å². The molecule has 4 atom stereocenters. The summed E-state index contributed by atoms with van der Waals surface area (Å²) in [6.45, 7) is 5.43. The predicted molar refractivity (Wildman–Crippen MR) is 159 cm³/mol. The number of pyridine rings is 1. The third-order valence-corrected chi connectivity index (χ3v) is 10.4. The fraction of sp³-hybridized carbons (Fsp3) is 0.485. The molecule has 4 aromatic rings. The van der Waals surface area contributed by atoms with Crippen molar-refractivity contribution in [2.24, 2.45) is 17.3 Å². The lowest BCUT2D eigenvalue weighted by Gasteiger charge is -2.34. The zero-order valence-corrected chi connectivity index (χ0v) is 23.9. The summed E-state index contributed by atoms with van der Waals surface area (Å²) < 4.78 is 38.0. The molecular weight excluding hydrogens is 550 g/mol. The molecule has 2 saturated carbocycles. The molecule has 2 N–H and O–H groups in total. The van der Waals surface area contributed by atoms with Gasteiger partial charge in [0.05, 0.1) is 12.0 Å². The van der Waals surface area contributed by atoms with Gasteiger partial charge in [0.2, 0.25) is 0 Å². The Kier molecular flexibility index (Phi) is 5.67. The molecule has 2 aromatic heterocycles. The van der Waals surface area contributed by atoms with Gasteiger partial charge in [0.15, 0.2) is 5.82 Å². The number of ether oxygens (including phenoxy) is 1. The maximum absolute atomic E-state index is 16.6. The molecule has 43 heavy (non-hydrogen) atoms. The molecule has 2 bridgehead atoms. The molecule has 5 aliphatic rings. The van der Waals surface area contributed by atoms with Crippen LogP contribution in [-0.2, 0) is 0 Å². The van der Waals surface area contributed by atoms with Crippen molar-refractivity contribution < 1.29 is 18.6 Å². The minimum Gasteiger partial charge on any atom is -0.508 e. The number of likely N-dealkylation sites (tertiary alicyclic amines) is 1. The average Bonchev–Trinajstić information content (AvgIpc) is 3.87. The fourth-order valence-corrected chi connectivity index (χ4v) is 7.88. The Balaban J connectivity index is 1.12. The molecule has 0 spiro atoms. The van der Waals surface area contributed by atoms with Crippen LogP contribution in [0, 0.1) is 28.9 Å². The second-order valence-corrected chi connectivity index (χ2v) is 13.6. The molecule has 2 aromatic carbocycles. The van der Waals surface area contributed by atoms with E-state index in [0.717, 1.165) is 57.2 Å². The van der Waals surface area contributed by atoms with E-state index in [1.807, 2.05) is 0 Å². The molecule has 5 fully saturated rings. The summed E-state index contributed by atoms with van der Waals surface area (Å²) in [6, 6.07) is 8.26. The molecule has 3 aliphatic heterocycles. The van der Waals surface area contributed by atoms with E-state index < -0.39 is 11.6 Å². The number of anilines is 1. The molecule has 5 heterocycles. The number of hydrogen-bond acceptors (Lipinski definition) is 8. The number of halogens is 2. The van der Waals surface area contributed by atoms with Crippen molar-refractivity contribution in [1.82, 2.24) is 25.2 Å². The monoisotopic (exact) mass is 584 g/mol. The fourth-order valence-electron chi connectivity index (χ4n) is 7.88. The van der Waals surface area contributed by atoms with Gasteiger partial charge < -0.3 is 25.0 Å². The Morgan fingerprint density at radius 1 is 1.02 bits per heavy atom. The number of piperazine rings is 1. The lowest BCUT2D eigenvalue weighted by Crippen LogP contribution is -2.51. The van der Waals surface area contributed by atoms with Gasteiger partial charge in [-0.15, -0.1) is 0 Å². The molecule has 2 aliphatic carbocycles. The highest BCUT2D eigenvalue weighted by Gasteiger charge is 2.50. The number of aromatic nitrogens is 3. The van der Waals surface area contributed by atoms with Crippen LogP contribution in [0.1, 0.15) is 32.1 Å². The van der Waals surface area contributed by atoms with Gasteiger partial charge in [-0.2, -0.15) is 9.97 Å². The largest absolute Gasteiger partial charge is 0.508 e. The Hall–Kier alpha value is -3.63. The van der Waals surface area contributed by atoms with Gasteiger partial charge in [0.25, 0.3) is 0 Å². The van der Waals surface area contributed by atoms with Gasteiger partial charge in [-0.05, 0) is 67.5 Å². The van der Waals surface area contributed by atoms with Crippen molar-refractivity contribution in [2.75, 3.05) is 44.2 Å². The van der Waals surface area contributed by atoms with Gasteiger partial charge in [-0.25, -0.2) is 8.78 Å². The Morgan fingerprint density at radius 3 is 2.58 bits per heavy atom. The minimum atomic E-state index is -0.684. The molecule has 10 heteroatoms. The standard InChI is InChI=1S/C33H34F2N6O2/c34-26-3-1-2-18-9-23(42)10-24(27(18)26)29-28(35)30-25(11-36-29)31(41-14-21-4-5-22(15-41)37-21)39-32(38-30)43-17-33(6-7-33)16-40-12-19-8-20(19)13-40/h1-3,9-11,19-22,37,42H,4-8,12-17H2/t19?,20?,21-,22+. The molecular formula is C33H34F2N6O2. The van der Waals surface area contributed by atoms with Gasteiger partial charge >= 0.3 is 6.01 Å². The summed E-state index contributed by atoms with van der Waals surface area (Å²) in [5.74, 6) is 1.11. The van der Waals surface area contributed by atoms with Crippen molar-refractivity contribution in [3.8, 4) is 23.0 Å². The summed E-state index contributed by atoms with van der Waals surface area (Å²) in [6.07, 6.45) is 7.38. The average molecular weight is 585 g/mol. The first-order valence-corrected chi connectivity index (χ1v) is 15.6. The summed E-state index contributed by atoms with van der Waals surface area (Å²) in [4.78, 5) is 18.8. The van der Waals surface area contributed by atoms with E-state index in [2.05, 4.69) is 25.1 Å². The number of phenolic OH excluding ortho intramolecular Hbond substituents is 1. The highest BCUT2D eigenvalue weighted by molar-refractivity contribution is 6.00. The van der Waals surface area contributed by atoms with Crippen LogP contribution in [0.2, 0.25) is 0 Å². The molecule has 0 amide bonds. The highest BCUT2D eigenvalue weighted by atomic mass is 19.1. The second-order valence-electron chi connectivity index (χ2n) is 13.6. The van der Waals surface area contributed by atoms with Gasteiger partial charge in [-0.3, -0.25) is 4.98 Å². The van der Waals surface area contributed by atoms with Crippen molar-refractivity contribution >= 4 is 27.5 Å². The highest BCUT2D eigenvalue weighted by Crippen LogP contribution is 2.51. The maximum Gasteiger partial charge on any atom is 0.319 e. The van der Waals surface area contributed by atoms with E-state index in [-0.39, 0.29) is 39.3 Å². The molecule has 0 radical (unpaired) electrons. The van der Waals surface area contributed by atoms with Crippen molar-refractivity contribution in [2.45, 2.75) is 44.2 Å². The Morgan fingerprint density at radius 2 is 1.81 bits per heavy atom. The van der Waals surface area contributed by atoms with Crippen molar-refractivity contribution in [3.63, 3.8) is 0 Å². The molecule has 222 valence electrons. The van der Waals surface area contributed by atoms with Gasteiger partial charge in [0.1, 0.15) is 28.6 Å². The number of hydrogen-bond donors (Lipinski definition) is 2. The summed E-state index contributed by atoms with van der Waals surface area (Å²) in [5.41, 5.74) is 0.300. The SMILES string of the molecule is Oc1cc(-c2ncc3c(N4C[C@H]5CC[C@@H](C4)N5)nc(OCC4(CN5CC6CC6C5)CC4)nc3c2F)c2c(F)cccc2c1. The molecule has 3 saturated heterocycles. The van der Waals surface area contributed by atoms with Crippen LogP contribution in [0.4, 0.5) is 14.6 Å². The summed E-state index contributed by atoms with van der Waals surface area (Å²) in [7, 11) is 0. The van der Waals surface area contributed by atoms with E-state index in [4.69, 9.17) is 9.72 Å². The smallest absolute Gasteiger partial charge is 0.319 e. The van der Waals surface area contributed by atoms with E-state index in [0.29, 0.717) is 35.3 Å². The first kappa shape index (κ1) is 25.8. The number of rotatable bonds is 7. The normalized spacial score (nSPS) is 27.2. The van der Waals surface area contributed by atoms with Crippen LogP contribution in [-0.4, -0.2) is 76.4 Å². The number of phenols is 1. The number of piperidine rings is 1. The summed E-state index contributed by atoms with van der Waals surface area (Å²) in [5, 5.41) is 15.2. The number of nitrogens with zero attached hydrogens (tertiary/aromatic N) is 5. The van der Waals surface area contributed by atoms with Gasteiger partial charge in [-0.1, -0.05) is 12.1 Å². The predicted octanol–water partition coefficient (Wildman–Crippen LogP) is 4.88. The first-order chi connectivity index (χ1) is 20.9. The van der Waals surface area contributed by atoms with Crippen LogP contribution >= 0.6 is 0 Å². The zero-order chi connectivity index (χ0) is 28.9. The van der Waals surface area contributed by atoms with Crippen LogP contribution in [0.15, 0.2) is 36.5 Å². The lowest BCUT2D eigenvalue weighted by atomic mass is 9.99. The number of fused-ring (bicyclic) bond motifs is 5. The van der Waals surface area contributed by atoms with Crippen LogP contribution in [0.5, 0.6) is 11.8 Å². The molecule has 2 unspecified atom stereocenters. The Labute approximate surface area is 248 Å².